The van der Waals surface area contributed by atoms with E-state index in [1.807, 2.05) is 41.8 Å². The maximum atomic E-state index is 2.12. The number of hydrogen-bond acceptors (Lipinski definition) is 1. The van der Waals surface area contributed by atoms with E-state index < -0.39 is 0 Å². The van der Waals surface area contributed by atoms with Crippen LogP contribution in [0.3, 0.4) is 0 Å². The van der Waals surface area contributed by atoms with Gasteiger partial charge < -0.3 is 4.90 Å². The van der Waals surface area contributed by atoms with Crippen LogP contribution in [0.5, 0.6) is 0 Å². The summed E-state index contributed by atoms with van der Waals surface area (Å²) in [5, 5.41) is 5.24. The second-order valence-electron chi connectivity index (χ2n) is 7.42. The molecule has 5 rings (SSSR count). The second kappa shape index (κ2) is 17.0. The van der Waals surface area contributed by atoms with Gasteiger partial charge in [-0.25, -0.2) is 0 Å². The fourth-order valence-corrected chi connectivity index (χ4v) is 3.11. The smallest absolute Gasteiger partial charge is 0.0361 e. The molecule has 0 saturated heterocycles. The maximum absolute atomic E-state index is 2.12. The highest BCUT2D eigenvalue weighted by molar-refractivity contribution is 5.82. The van der Waals surface area contributed by atoms with E-state index >= 15 is 0 Å². The number of benzene rings is 5. The van der Waals surface area contributed by atoms with Gasteiger partial charge in [0.25, 0.3) is 0 Å². The zero-order valence-electron chi connectivity index (χ0n) is 22.0. The highest BCUT2D eigenvalue weighted by Crippen LogP contribution is 2.12. The lowest BCUT2D eigenvalue weighted by molar-refractivity contribution is 1.13. The molecule has 0 atom stereocenters. The van der Waals surface area contributed by atoms with Gasteiger partial charge in [0, 0.05) is 19.8 Å². The summed E-state index contributed by atoms with van der Waals surface area (Å²) in [5.41, 5.74) is 2.57. The first kappa shape index (κ1) is 28.5. The predicted octanol–water partition coefficient (Wildman–Crippen LogP) is 9.79. The van der Waals surface area contributed by atoms with Crippen LogP contribution >= 0.6 is 0 Å². The normalized spacial score (nSPS) is 9.03. The summed E-state index contributed by atoms with van der Waals surface area (Å²) >= 11 is 0. The highest BCUT2D eigenvalue weighted by Gasteiger charge is 1.91. The van der Waals surface area contributed by atoms with E-state index in [-0.39, 0.29) is 0 Å². The number of nitrogens with zero attached hydrogens (tertiary/aromatic N) is 1. The van der Waals surface area contributed by atoms with Crippen molar-refractivity contribution in [2.45, 2.75) is 34.6 Å². The molecule has 1 heteroatoms. The molecule has 0 aromatic heterocycles. The monoisotopic (exact) mass is 451 g/mol. The van der Waals surface area contributed by atoms with Gasteiger partial charge in [-0.3, -0.25) is 0 Å². The van der Waals surface area contributed by atoms with Crippen molar-refractivity contribution in [3.8, 4) is 0 Å². The topological polar surface area (TPSA) is 3.24 Å². The van der Waals surface area contributed by atoms with Crippen LogP contribution in [0, 0.1) is 6.92 Å². The Kier molecular flexibility index (Phi) is 14.2. The van der Waals surface area contributed by atoms with Gasteiger partial charge >= 0.3 is 0 Å². The van der Waals surface area contributed by atoms with Crippen LogP contribution in [-0.4, -0.2) is 14.1 Å². The van der Waals surface area contributed by atoms with Gasteiger partial charge in [0.15, 0.2) is 0 Å². The Balaban J connectivity index is 0.000000237. The van der Waals surface area contributed by atoms with Crippen LogP contribution in [0.15, 0.2) is 121 Å². The van der Waals surface area contributed by atoms with Gasteiger partial charge in [-0.15, -0.1) is 0 Å². The molecule has 1 nitrogen and oxygen atoms in total. The van der Waals surface area contributed by atoms with Gasteiger partial charge in [0.05, 0.1) is 0 Å². The van der Waals surface area contributed by atoms with Crippen molar-refractivity contribution in [2.24, 2.45) is 0 Å². The van der Waals surface area contributed by atoms with Gasteiger partial charge in [0.1, 0.15) is 0 Å². The van der Waals surface area contributed by atoms with E-state index in [0.29, 0.717) is 0 Å². The average molecular weight is 452 g/mol. The molecule has 0 fully saturated rings. The average Bonchev–Trinajstić information content (AvgIpc) is 2.92. The molecule has 0 aliphatic heterocycles. The van der Waals surface area contributed by atoms with Gasteiger partial charge in [-0.05, 0) is 40.6 Å². The molecule has 0 unspecified atom stereocenters. The second-order valence-corrected chi connectivity index (χ2v) is 7.42. The highest BCUT2D eigenvalue weighted by atomic mass is 15.1. The molecule has 0 amide bonds. The zero-order valence-corrected chi connectivity index (χ0v) is 22.0. The standard InChI is InChI=1S/2C10H8.C9H13N.2C2H6/c2*1-2-6-10-8-4-3-7-9(10)5-1;1-8-4-6-9(7-5-8)10(2)3;2*1-2/h2*1-8H;4-7H,1-3H3;2*1-2H3. The zero-order chi connectivity index (χ0) is 25.2. The molecule has 0 saturated carbocycles. The predicted molar refractivity (Wildman–Crippen MR) is 156 cm³/mol. The summed E-state index contributed by atoms with van der Waals surface area (Å²) in [5.74, 6) is 0. The number of anilines is 1. The van der Waals surface area contributed by atoms with Crippen LogP contribution in [0.25, 0.3) is 21.5 Å². The lowest BCUT2D eigenvalue weighted by atomic mass is 10.1. The fourth-order valence-electron chi connectivity index (χ4n) is 3.11. The van der Waals surface area contributed by atoms with Crippen molar-refractivity contribution < 1.29 is 0 Å². The van der Waals surface area contributed by atoms with E-state index in [4.69, 9.17) is 0 Å². The van der Waals surface area contributed by atoms with Crippen LogP contribution in [0.4, 0.5) is 5.69 Å². The van der Waals surface area contributed by atoms with Gasteiger partial charge in [0.2, 0.25) is 0 Å². The third-order valence-corrected chi connectivity index (χ3v) is 4.87. The Morgan fingerprint density at radius 1 is 0.382 bits per heavy atom. The summed E-state index contributed by atoms with van der Waals surface area (Å²) in [6, 6.07) is 41.9. The van der Waals surface area contributed by atoms with Crippen LogP contribution in [0.2, 0.25) is 0 Å². The van der Waals surface area contributed by atoms with Crippen molar-refractivity contribution in [3.05, 3.63) is 127 Å². The quantitative estimate of drug-likeness (QED) is 0.245. The van der Waals surface area contributed by atoms with Crippen molar-refractivity contribution in [2.75, 3.05) is 19.0 Å². The van der Waals surface area contributed by atoms with Crippen molar-refractivity contribution in [3.63, 3.8) is 0 Å². The lowest BCUT2D eigenvalue weighted by Crippen LogP contribution is -2.07. The molecule has 5 aromatic carbocycles. The molecule has 0 N–H and O–H groups in total. The lowest BCUT2D eigenvalue weighted by Gasteiger charge is -2.11. The molecule has 0 radical (unpaired) electrons. The largest absolute Gasteiger partial charge is 0.378 e. The van der Waals surface area contributed by atoms with E-state index in [1.54, 1.807) is 0 Å². The number of hydrogen-bond donors (Lipinski definition) is 0. The molecule has 178 valence electrons. The van der Waals surface area contributed by atoms with Gasteiger partial charge in [-0.2, -0.15) is 0 Å². The Morgan fingerprint density at radius 3 is 0.824 bits per heavy atom. The molecule has 0 heterocycles. The number of fused-ring (bicyclic) bond motifs is 2. The van der Waals surface area contributed by atoms with E-state index in [2.05, 4.69) is 133 Å². The molecular weight excluding hydrogens is 410 g/mol. The first-order valence-corrected chi connectivity index (χ1v) is 12.2. The van der Waals surface area contributed by atoms with E-state index in [1.165, 1.54) is 32.8 Å². The number of rotatable bonds is 1. The van der Waals surface area contributed by atoms with Crippen LogP contribution < -0.4 is 4.90 Å². The Morgan fingerprint density at radius 2 is 0.618 bits per heavy atom. The molecule has 0 bridgehead atoms. The fraction of sp³-hybridized carbons (Fsp3) is 0.212. The third kappa shape index (κ3) is 9.92. The first-order chi connectivity index (χ1) is 16.6. The summed E-state index contributed by atoms with van der Waals surface area (Å²) < 4.78 is 0. The third-order valence-electron chi connectivity index (χ3n) is 4.87. The Bertz CT molecular complexity index is 972. The molecule has 0 aliphatic rings. The summed E-state index contributed by atoms with van der Waals surface area (Å²) in [7, 11) is 4.09. The molecule has 0 aliphatic carbocycles. The minimum absolute atomic E-state index is 1.26. The molecule has 5 aromatic rings. The Labute approximate surface area is 207 Å². The summed E-state index contributed by atoms with van der Waals surface area (Å²) in [6.45, 7) is 10.1. The minimum atomic E-state index is 1.26. The van der Waals surface area contributed by atoms with Crippen molar-refractivity contribution >= 4 is 27.2 Å². The maximum Gasteiger partial charge on any atom is 0.0361 e. The van der Waals surface area contributed by atoms with Crippen LogP contribution in [-0.2, 0) is 0 Å². The SMILES string of the molecule is CC.CC.Cc1ccc(N(C)C)cc1.c1ccc2ccccc2c1.c1ccc2ccccc2c1. The molecule has 0 spiro atoms. The summed E-state index contributed by atoms with van der Waals surface area (Å²) in [4.78, 5) is 2.10. The van der Waals surface area contributed by atoms with E-state index in [0.717, 1.165) is 0 Å². The molecule has 34 heavy (non-hydrogen) atoms. The first-order valence-electron chi connectivity index (χ1n) is 12.2. The Hall–Kier alpha value is -3.58. The van der Waals surface area contributed by atoms with Crippen molar-refractivity contribution in [1.29, 1.82) is 0 Å². The molecular formula is C33H41N. The van der Waals surface area contributed by atoms with Crippen molar-refractivity contribution in [1.82, 2.24) is 0 Å². The minimum Gasteiger partial charge on any atom is -0.378 e. The number of aryl methyl sites for hydroxylation is 1. The summed E-state index contributed by atoms with van der Waals surface area (Å²) in [6.07, 6.45) is 0. The van der Waals surface area contributed by atoms with Gasteiger partial charge in [-0.1, -0.05) is 142 Å². The van der Waals surface area contributed by atoms with Crippen LogP contribution in [0.1, 0.15) is 33.3 Å². The van der Waals surface area contributed by atoms with E-state index in [9.17, 15) is 0 Å².